The first-order chi connectivity index (χ1) is 9.52. The molecular formula is C14H13ClFN3O. The Balaban J connectivity index is 2.31. The third-order valence-corrected chi connectivity index (χ3v) is 3.09. The van der Waals surface area contributed by atoms with Gasteiger partial charge in [-0.05, 0) is 36.8 Å². The number of amides is 1. The van der Waals surface area contributed by atoms with Gasteiger partial charge in [0, 0.05) is 0 Å². The number of carbonyl (C=O) groups is 1. The highest BCUT2D eigenvalue weighted by molar-refractivity contribution is 6.34. The summed E-state index contributed by atoms with van der Waals surface area (Å²) in [5, 5.41) is 3.04. The number of nitrogen functional groups attached to an aromatic ring is 1. The number of nitrogens with one attached hydrogen (secondary N) is 2. The Labute approximate surface area is 120 Å². The lowest BCUT2D eigenvalue weighted by Gasteiger charge is -2.11. The minimum atomic E-state index is -0.602. The molecule has 0 aliphatic rings. The highest BCUT2D eigenvalue weighted by atomic mass is 35.5. The lowest BCUT2D eigenvalue weighted by Crippen LogP contribution is -2.18. The zero-order valence-electron chi connectivity index (χ0n) is 10.7. The van der Waals surface area contributed by atoms with Gasteiger partial charge in [0.15, 0.2) is 0 Å². The van der Waals surface area contributed by atoms with Crippen LogP contribution in [-0.2, 0) is 0 Å². The number of hydrogen-bond donors (Lipinski definition) is 3. The van der Waals surface area contributed by atoms with Crippen molar-refractivity contribution in [2.75, 3.05) is 10.7 Å². The van der Waals surface area contributed by atoms with Crippen molar-refractivity contribution >= 4 is 28.9 Å². The first-order valence-corrected chi connectivity index (χ1v) is 6.23. The van der Waals surface area contributed by atoms with E-state index < -0.39 is 11.7 Å². The number of rotatable bonds is 3. The Kier molecular flexibility index (Phi) is 4.22. The molecule has 0 spiro atoms. The average Bonchev–Trinajstić information content (AvgIpc) is 2.41. The van der Waals surface area contributed by atoms with Crippen LogP contribution < -0.4 is 16.6 Å². The van der Waals surface area contributed by atoms with E-state index in [1.165, 1.54) is 18.2 Å². The molecular weight excluding hydrogens is 281 g/mol. The monoisotopic (exact) mass is 293 g/mol. The van der Waals surface area contributed by atoms with Crippen molar-refractivity contribution in [2.24, 2.45) is 5.84 Å². The van der Waals surface area contributed by atoms with Gasteiger partial charge in [-0.1, -0.05) is 23.7 Å². The predicted octanol–water partition coefficient (Wildman–Crippen LogP) is 3.33. The fourth-order valence-corrected chi connectivity index (χ4v) is 2.05. The molecule has 2 rings (SSSR count). The molecule has 0 radical (unpaired) electrons. The molecule has 0 aliphatic carbocycles. The Bertz CT molecular complexity index is 661. The van der Waals surface area contributed by atoms with E-state index in [-0.39, 0.29) is 11.3 Å². The van der Waals surface area contributed by atoms with Crippen molar-refractivity contribution in [3.63, 3.8) is 0 Å². The first kappa shape index (κ1) is 14.3. The molecule has 0 bridgehead atoms. The van der Waals surface area contributed by atoms with Gasteiger partial charge in [-0.3, -0.25) is 10.6 Å². The van der Waals surface area contributed by atoms with Crippen molar-refractivity contribution in [2.45, 2.75) is 6.92 Å². The summed E-state index contributed by atoms with van der Waals surface area (Å²) in [4.78, 5) is 12.2. The predicted molar refractivity (Wildman–Crippen MR) is 78.4 cm³/mol. The van der Waals surface area contributed by atoms with Gasteiger partial charge in [-0.15, -0.1) is 0 Å². The van der Waals surface area contributed by atoms with Crippen LogP contribution in [0.15, 0.2) is 36.4 Å². The zero-order chi connectivity index (χ0) is 14.7. The standard InChI is InChI=1S/C14H13ClFN3O/c1-8-5-6-12(10(15)7-8)18-14(20)9-3-2-4-11(16)13(9)19-17/h2-7,19H,17H2,1H3,(H,18,20). The molecule has 1 amide bonds. The molecule has 4 N–H and O–H groups in total. The van der Waals surface area contributed by atoms with Crippen molar-refractivity contribution < 1.29 is 9.18 Å². The van der Waals surface area contributed by atoms with Crippen molar-refractivity contribution in [1.82, 2.24) is 0 Å². The second-order valence-corrected chi connectivity index (χ2v) is 4.65. The van der Waals surface area contributed by atoms with Gasteiger partial charge in [0.25, 0.3) is 5.91 Å². The van der Waals surface area contributed by atoms with E-state index in [4.69, 9.17) is 17.4 Å². The molecule has 0 heterocycles. The maximum Gasteiger partial charge on any atom is 0.257 e. The second-order valence-electron chi connectivity index (χ2n) is 4.24. The summed E-state index contributed by atoms with van der Waals surface area (Å²) in [6.07, 6.45) is 0. The highest BCUT2D eigenvalue weighted by Crippen LogP contribution is 2.25. The third-order valence-electron chi connectivity index (χ3n) is 2.78. The molecule has 4 nitrogen and oxygen atoms in total. The van der Waals surface area contributed by atoms with Gasteiger partial charge >= 0.3 is 0 Å². The molecule has 0 fully saturated rings. The average molecular weight is 294 g/mol. The van der Waals surface area contributed by atoms with Gasteiger partial charge in [-0.25, -0.2) is 4.39 Å². The number of hydrogen-bond acceptors (Lipinski definition) is 3. The lowest BCUT2D eigenvalue weighted by atomic mass is 10.1. The number of benzene rings is 2. The molecule has 2 aromatic carbocycles. The summed E-state index contributed by atoms with van der Waals surface area (Å²) in [5.74, 6) is 4.14. The molecule has 6 heteroatoms. The van der Waals surface area contributed by atoms with E-state index in [0.29, 0.717) is 10.7 Å². The van der Waals surface area contributed by atoms with Crippen molar-refractivity contribution in [1.29, 1.82) is 0 Å². The summed E-state index contributed by atoms with van der Waals surface area (Å²) in [6.45, 7) is 1.89. The maximum atomic E-state index is 13.5. The SMILES string of the molecule is Cc1ccc(NC(=O)c2cccc(F)c2NN)c(Cl)c1. The second kappa shape index (κ2) is 5.90. The summed E-state index contributed by atoms with van der Waals surface area (Å²) in [6, 6.07) is 9.34. The van der Waals surface area contributed by atoms with E-state index in [2.05, 4.69) is 10.7 Å². The molecule has 20 heavy (non-hydrogen) atoms. The molecule has 0 aromatic heterocycles. The quantitative estimate of drug-likeness (QED) is 0.601. The number of aryl methyl sites for hydroxylation is 1. The van der Waals surface area contributed by atoms with Gasteiger partial charge in [0.2, 0.25) is 0 Å². The first-order valence-electron chi connectivity index (χ1n) is 5.85. The highest BCUT2D eigenvalue weighted by Gasteiger charge is 2.15. The minimum absolute atomic E-state index is 0.0618. The number of para-hydroxylation sites is 1. The molecule has 0 aliphatic heterocycles. The summed E-state index contributed by atoms with van der Waals surface area (Å²) in [5.41, 5.74) is 3.65. The number of anilines is 2. The number of hydrazine groups is 1. The van der Waals surface area contributed by atoms with E-state index in [1.807, 2.05) is 13.0 Å². The Morgan fingerprint density at radius 2 is 2.05 bits per heavy atom. The van der Waals surface area contributed by atoms with Gasteiger partial charge in [0.1, 0.15) is 5.82 Å². The lowest BCUT2D eigenvalue weighted by molar-refractivity contribution is 0.102. The normalized spacial score (nSPS) is 10.2. The third kappa shape index (κ3) is 2.89. The van der Waals surface area contributed by atoms with Crippen LogP contribution in [0.25, 0.3) is 0 Å². The fraction of sp³-hybridized carbons (Fsp3) is 0.0714. The number of nitrogens with two attached hydrogens (primary N) is 1. The number of carbonyl (C=O) groups excluding carboxylic acids is 1. The largest absolute Gasteiger partial charge is 0.321 e. The Morgan fingerprint density at radius 3 is 2.70 bits per heavy atom. The van der Waals surface area contributed by atoms with Crippen LogP contribution in [0.4, 0.5) is 15.8 Å². The van der Waals surface area contributed by atoms with E-state index >= 15 is 0 Å². The van der Waals surface area contributed by atoms with Crippen LogP contribution in [-0.4, -0.2) is 5.91 Å². The van der Waals surface area contributed by atoms with Crippen LogP contribution in [0.2, 0.25) is 5.02 Å². The van der Waals surface area contributed by atoms with Crippen LogP contribution in [0.5, 0.6) is 0 Å². The minimum Gasteiger partial charge on any atom is -0.321 e. The van der Waals surface area contributed by atoms with Crippen LogP contribution in [0.3, 0.4) is 0 Å². The Hall–Kier alpha value is -2.11. The molecule has 0 saturated carbocycles. The van der Waals surface area contributed by atoms with Crippen LogP contribution in [0.1, 0.15) is 15.9 Å². The van der Waals surface area contributed by atoms with Gasteiger partial charge in [0.05, 0.1) is 22.0 Å². The van der Waals surface area contributed by atoms with Gasteiger partial charge < -0.3 is 10.7 Å². The Morgan fingerprint density at radius 1 is 1.30 bits per heavy atom. The molecule has 104 valence electrons. The van der Waals surface area contributed by atoms with Gasteiger partial charge in [-0.2, -0.15) is 0 Å². The molecule has 0 unspecified atom stereocenters. The summed E-state index contributed by atoms with van der Waals surface area (Å²) >= 11 is 6.04. The molecule has 0 saturated heterocycles. The fourth-order valence-electron chi connectivity index (χ4n) is 1.77. The zero-order valence-corrected chi connectivity index (χ0v) is 11.5. The van der Waals surface area contributed by atoms with Crippen LogP contribution >= 0.6 is 11.6 Å². The van der Waals surface area contributed by atoms with E-state index in [0.717, 1.165) is 5.56 Å². The number of halogens is 2. The summed E-state index contributed by atoms with van der Waals surface area (Å²) < 4.78 is 13.5. The van der Waals surface area contributed by atoms with Crippen molar-refractivity contribution in [3.8, 4) is 0 Å². The maximum absolute atomic E-state index is 13.5. The van der Waals surface area contributed by atoms with E-state index in [9.17, 15) is 9.18 Å². The molecule has 2 aromatic rings. The molecule has 0 atom stereocenters. The van der Waals surface area contributed by atoms with E-state index in [1.54, 1.807) is 12.1 Å². The summed E-state index contributed by atoms with van der Waals surface area (Å²) in [7, 11) is 0. The topological polar surface area (TPSA) is 67.2 Å². The van der Waals surface area contributed by atoms with Crippen molar-refractivity contribution in [3.05, 3.63) is 58.4 Å². The van der Waals surface area contributed by atoms with Crippen LogP contribution in [0, 0.1) is 12.7 Å². The smallest absolute Gasteiger partial charge is 0.257 e.